The fourth-order valence-corrected chi connectivity index (χ4v) is 2.12. The lowest BCUT2D eigenvalue weighted by molar-refractivity contribution is 0.597. The van der Waals surface area contributed by atoms with Crippen LogP contribution >= 0.6 is 0 Å². The number of benzene rings is 1. The highest BCUT2D eigenvalue weighted by Gasteiger charge is 2.20. The molecule has 0 unspecified atom stereocenters. The molecule has 1 aromatic rings. The van der Waals surface area contributed by atoms with E-state index in [1.165, 1.54) is 12.8 Å². The minimum absolute atomic E-state index is 0.186. The lowest BCUT2D eigenvalue weighted by atomic mass is 10.1. The average Bonchev–Trinajstić information content (AvgIpc) is 2.98. The van der Waals surface area contributed by atoms with Gasteiger partial charge in [0.15, 0.2) is 0 Å². The highest BCUT2D eigenvalue weighted by atomic mass is 32.2. The summed E-state index contributed by atoms with van der Waals surface area (Å²) in [5.41, 5.74) is 2.08. The van der Waals surface area contributed by atoms with Crippen molar-refractivity contribution in [1.29, 1.82) is 0 Å². The van der Waals surface area contributed by atoms with Gasteiger partial charge in [-0.2, -0.15) is 0 Å². The molecule has 5 heteroatoms. The third kappa shape index (κ3) is 2.81. The van der Waals surface area contributed by atoms with Crippen molar-refractivity contribution in [2.24, 2.45) is 5.14 Å². The normalized spacial score (nSPS) is 16.4. The van der Waals surface area contributed by atoms with E-state index in [4.69, 9.17) is 5.14 Å². The van der Waals surface area contributed by atoms with E-state index in [1.807, 2.05) is 6.92 Å². The molecule has 0 amide bonds. The molecule has 0 aliphatic heterocycles. The zero-order valence-electron chi connectivity index (χ0n) is 9.23. The van der Waals surface area contributed by atoms with Crippen LogP contribution in [0.1, 0.15) is 24.0 Å². The molecule has 0 saturated heterocycles. The van der Waals surface area contributed by atoms with Crippen LogP contribution in [0.2, 0.25) is 0 Å². The van der Waals surface area contributed by atoms with Crippen molar-refractivity contribution >= 4 is 10.0 Å². The minimum atomic E-state index is -3.59. The van der Waals surface area contributed by atoms with Crippen LogP contribution in [0.4, 0.5) is 0 Å². The van der Waals surface area contributed by atoms with Gasteiger partial charge >= 0.3 is 0 Å². The Bertz CT molecular complexity index is 493. The molecule has 1 aromatic carbocycles. The van der Waals surface area contributed by atoms with Gasteiger partial charge in [-0.15, -0.1) is 0 Å². The van der Waals surface area contributed by atoms with Crippen molar-refractivity contribution in [3.8, 4) is 0 Å². The maximum Gasteiger partial charge on any atom is 0.238 e. The first kappa shape index (κ1) is 11.6. The number of hydrogen-bond acceptors (Lipinski definition) is 3. The molecule has 0 bridgehead atoms. The van der Waals surface area contributed by atoms with Gasteiger partial charge in [0.25, 0.3) is 0 Å². The quantitative estimate of drug-likeness (QED) is 0.821. The van der Waals surface area contributed by atoms with Crippen LogP contribution in [0.15, 0.2) is 23.1 Å². The number of primary sulfonamides is 1. The van der Waals surface area contributed by atoms with Crippen LogP contribution < -0.4 is 10.5 Å². The fraction of sp³-hybridized carbons (Fsp3) is 0.455. The Morgan fingerprint density at radius 2 is 2.12 bits per heavy atom. The first-order valence-corrected chi connectivity index (χ1v) is 6.87. The topological polar surface area (TPSA) is 72.2 Å². The molecule has 1 saturated carbocycles. The van der Waals surface area contributed by atoms with Crippen molar-refractivity contribution < 1.29 is 8.42 Å². The van der Waals surface area contributed by atoms with Gasteiger partial charge in [0.1, 0.15) is 0 Å². The standard InChI is InChI=1S/C11H16N2O2S/c1-8-2-5-11(16(12,14)15)6-9(8)7-13-10-3-4-10/h2,5-6,10,13H,3-4,7H2,1H3,(H2,12,14,15). The summed E-state index contributed by atoms with van der Waals surface area (Å²) in [5, 5.41) is 8.45. The van der Waals surface area contributed by atoms with Gasteiger partial charge in [-0.05, 0) is 43.0 Å². The monoisotopic (exact) mass is 240 g/mol. The Hall–Kier alpha value is -0.910. The van der Waals surface area contributed by atoms with Gasteiger partial charge in [-0.25, -0.2) is 13.6 Å². The zero-order chi connectivity index (χ0) is 11.8. The lowest BCUT2D eigenvalue weighted by Crippen LogP contribution is -2.17. The number of sulfonamides is 1. The van der Waals surface area contributed by atoms with E-state index in [0.29, 0.717) is 12.6 Å². The van der Waals surface area contributed by atoms with E-state index < -0.39 is 10.0 Å². The van der Waals surface area contributed by atoms with Crippen molar-refractivity contribution in [3.05, 3.63) is 29.3 Å². The second kappa shape index (κ2) is 4.16. The van der Waals surface area contributed by atoms with E-state index in [9.17, 15) is 8.42 Å². The molecule has 0 spiro atoms. The summed E-state index contributed by atoms with van der Waals surface area (Å²) < 4.78 is 22.4. The van der Waals surface area contributed by atoms with E-state index in [2.05, 4.69) is 5.32 Å². The third-order valence-corrected chi connectivity index (χ3v) is 3.72. The summed E-state index contributed by atoms with van der Waals surface area (Å²) in [4.78, 5) is 0.186. The van der Waals surface area contributed by atoms with Crippen LogP contribution in [-0.2, 0) is 16.6 Å². The molecule has 0 atom stereocenters. The zero-order valence-corrected chi connectivity index (χ0v) is 10.0. The Morgan fingerprint density at radius 3 is 2.69 bits per heavy atom. The molecule has 1 aliphatic rings. The summed E-state index contributed by atoms with van der Waals surface area (Å²) in [6.07, 6.45) is 2.43. The van der Waals surface area contributed by atoms with Crippen molar-refractivity contribution in [3.63, 3.8) is 0 Å². The molecule has 16 heavy (non-hydrogen) atoms. The molecule has 4 nitrogen and oxygen atoms in total. The molecule has 88 valence electrons. The smallest absolute Gasteiger partial charge is 0.238 e. The molecule has 0 aromatic heterocycles. The molecule has 3 N–H and O–H groups in total. The second-order valence-corrected chi connectivity index (χ2v) is 5.85. The van der Waals surface area contributed by atoms with Gasteiger partial charge in [0, 0.05) is 12.6 Å². The number of nitrogens with one attached hydrogen (secondary N) is 1. The van der Waals surface area contributed by atoms with Crippen LogP contribution in [-0.4, -0.2) is 14.5 Å². The minimum Gasteiger partial charge on any atom is -0.310 e. The van der Waals surface area contributed by atoms with E-state index >= 15 is 0 Å². The Balaban J connectivity index is 2.21. The number of rotatable bonds is 4. The highest BCUT2D eigenvalue weighted by Crippen LogP contribution is 2.20. The first-order valence-electron chi connectivity index (χ1n) is 5.32. The Morgan fingerprint density at radius 1 is 1.44 bits per heavy atom. The van der Waals surface area contributed by atoms with Crippen LogP contribution in [0.3, 0.4) is 0 Å². The van der Waals surface area contributed by atoms with Crippen LogP contribution in [0, 0.1) is 6.92 Å². The summed E-state index contributed by atoms with van der Waals surface area (Å²) in [6.45, 7) is 2.68. The maximum absolute atomic E-state index is 11.2. The summed E-state index contributed by atoms with van der Waals surface area (Å²) in [7, 11) is -3.59. The molecule has 1 fully saturated rings. The fourth-order valence-electron chi connectivity index (χ4n) is 1.56. The Kier molecular flexibility index (Phi) is 3.01. The third-order valence-electron chi connectivity index (χ3n) is 2.81. The molecule has 0 radical (unpaired) electrons. The van der Waals surface area contributed by atoms with Crippen LogP contribution in [0.25, 0.3) is 0 Å². The predicted molar refractivity (Wildman–Crippen MR) is 62.4 cm³/mol. The molecule has 0 heterocycles. The summed E-state index contributed by atoms with van der Waals surface area (Å²) >= 11 is 0. The SMILES string of the molecule is Cc1ccc(S(N)(=O)=O)cc1CNC1CC1. The second-order valence-electron chi connectivity index (χ2n) is 4.29. The number of aryl methyl sites for hydroxylation is 1. The van der Waals surface area contributed by atoms with E-state index in [-0.39, 0.29) is 4.90 Å². The van der Waals surface area contributed by atoms with Crippen molar-refractivity contribution in [2.75, 3.05) is 0 Å². The number of hydrogen-bond donors (Lipinski definition) is 2. The van der Waals surface area contributed by atoms with E-state index in [0.717, 1.165) is 11.1 Å². The van der Waals surface area contributed by atoms with Gasteiger partial charge in [0.05, 0.1) is 4.90 Å². The largest absolute Gasteiger partial charge is 0.310 e. The predicted octanol–water partition coefficient (Wildman–Crippen LogP) is 0.894. The highest BCUT2D eigenvalue weighted by molar-refractivity contribution is 7.89. The van der Waals surface area contributed by atoms with E-state index in [1.54, 1.807) is 18.2 Å². The number of nitrogens with two attached hydrogens (primary N) is 1. The maximum atomic E-state index is 11.2. The summed E-state index contributed by atoms with van der Waals surface area (Å²) in [5.74, 6) is 0. The summed E-state index contributed by atoms with van der Waals surface area (Å²) in [6, 6.07) is 5.60. The lowest BCUT2D eigenvalue weighted by Gasteiger charge is -2.08. The van der Waals surface area contributed by atoms with Gasteiger partial charge < -0.3 is 5.32 Å². The van der Waals surface area contributed by atoms with Crippen LogP contribution in [0.5, 0.6) is 0 Å². The van der Waals surface area contributed by atoms with Gasteiger partial charge in [0.2, 0.25) is 10.0 Å². The molecule has 2 rings (SSSR count). The average molecular weight is 240 g/mol. The van der Waals surface area contributed by atoms with Gasteiger partial charge in [-0.1, -0.05) is 6.07 Å². The first-order chi connectivity index (χ1) is 7.47. The Labute approximate surface area is 95.9 Å². The van der Waals surface area contributed by atoms with Crippen molar-refractivity contribution in [1.82, 2.24) is 5.32 Å². The van der Waals surface area contributed by atoms with Gasteiger partial charge in [-0.3, -0.25) is 0 Å². The molecule has 1 aliphatic carbocycles. The molecular weight excluding hydrogens is 224 g/mol. The molecular formula is C11H16N2O2S. The van der Waals surface area contributed by atoms with Crippen molar-refractivity contribution in [2.45, 2.75) is 37.2 Å².